The van der Waals surface area contributed by atoms with Gasteiger partial charge in [0.2, 0.25) is 0 Å². The number of phenols is 1. The molecule has 7 heteroatoms. The number of cyclic esters (lactones) is 1. The van der Waals surface area contributed by atoms with E-state index in [0.29, 0.717) is 0 Å². The van der Waals surface area contributed by atoms with Crippen molar-refractivity contribution < 1.29 is 23.4 Å². The summed E-state index contributed by atoms with van der Waals surface area (Å²) in [5, 5.41) is 11.7. The van der Waals surface area contributed by atoms with Crippen LogP contribution in [0.15, 0.2) is 18.2 Å². The number of phenolic OH excluding ortho intramolecular Hbond substituents is 1. The predicted octanol–water partition coefficient (Wildman–Crippen LogP) is 2.46. The number of amides is 1. The Kier molecular flexibility index (Phi) is 2.82. The lowest BCUT2D eigenvalue weighted by Gasteiger charge is -2.32. The molecule has 1 aliphatic heterocycles. The van der Waals surface area contributed by atoms with Crippen molar-refractivity contribution in [3.8, 4) is 5.75 Å². The molecular formula is C10H8ClF2NO3. The molecule has 0 bridgehead atoms. The zero-order valence-electron chi connectivity index (χ0n) is 8.41. The van der Waals surface area contributed by atoms with E-state index in [0.717, 1.165) is 0 Å². The zero-order valence-corrected chi connectivity index (χ0v) is 9.17. The number of hydrogen-bond acceptors (Lipinski definition) is 3. The molecule has 1 aromatic rings. The SMILES string of the molecule is O=C1N[C@@H](c2cc(Cl)ccc2O)C(F)(F)CO1. The molecule has 92 valence electrons. The van der Waals surface area contributed by atoms with Crippen LogP contribution in [0.1, 0.15) is 11.6 Å². The molecule has 2 rings (SSSR count). The summed E-state index contributed by atoms with van der Waals surface area (Å²) in [6.07, 6.45) is -0.958. The van der Waals surface area contributed by atoms with Gasteiger partial charge in [0.1, 0.15) is 11.8 Å². The fourth-order valence-corrected chi connectivity index (χ4v) is 1.75. The van der Waals surface area contributed by atoms with Gasteiger partial charge in [-0.05, 0) is 18.2 Å². The van der Waals surface area contributed by atoms with Crippen LogP contribution in [0.5, 0.6) is 5.75 Å². The average Bonchev–Trinajstić information content (AvgIpc) is 2.26. The average molecular weight is 264 g/mol. The summed E-state index contributed by atoms with van der Waals surface area (Å²) in [5.74, 6) is -3.67. The molecule has 2 N–H and O–H groups in total. The number of carbonyl (C=O) groups excluding carboxylic acids is 1. The minimum absolute atomic E-state index is 0.140. The van der Waals surface area contributed by atoms with Crippen molar-refractivity contribution in [1.82, 2.24) is 5.32 Å². The standard InChI is InChI=1S/C10H8ClF2NO3/c11-5-1-2-7(15)6(3-5)8-10(12,13)4-17-9(16)14-8/h1-3,8,15H,4H2,(H,14,16)/t8-/m0/s1. The number of aromatic hydroxyl groups is 1. The fraction of sp³-hybridized carbons (Fsp3) is 0.300. The topological polar surface area (TPSA) is 58.6 Å². The first-order valence-electron chi connectivity index (χ1n) is 4.70. The van der Waals surface area contributed by atoms with Crippen molar-refractivity contribution in [3.05, 3.63) is 28.8 Å². The van der Waals surface area contributed by atoms with Crippen molar-refractivity contribution >= 4 is 17.7 Å². The molecule has 4 nitrogen and oxygen atoms in total. The molecule has 0 aliphatic carbocycles. The van der Waals surface area contributed by atoms with Crippen molar-refractivity contribution in [2.45, 2.75) is 12.0 Å². The molecule has 0 saturated carbocycles. The Morgan fingerprint density at radius 3 is 2.94 bits per heavy atom. The number of benzene rings is 1. The van der Waals surface area contributed by atoms with E-state index in [-0.39, 0.29) is 16.3 Å². The Labute approximate surface area is 100 Å². The summed E-state index contributed by atoms with van der Waals surface area (Å²) in [4.78, 5) is 10.9. The molecule has 1 aliphatic rings. The Morgan fingerprint density at radius 2 is 2.24 bits per heavy atom. The quantitative estimate of drug-likeness (QED) is 0.818. The van der Waals surface area contributed by atoms with Gasteiger partial charge < -0.3 is 15.2 Å². The van der Waals surface area contributed by atoms with Crippen molar-refractivity contribution in [2.75, 3.05) is 6.61 Å². The first kappa shape index (κ1) is 11.9. The van der Waals surface area contributed by atoms with Crippen LogP contribution in [0.25, 0.3) is 0 Å². The fourth-order valence-electron chi connectivity index (χ4n) is 1.57. The largest absolute Gasteiger partial charge is 0.508 e. The van der Waals surface area contributed by atoms with Crippen LogP contribution in [0, 0.1) is 0 Å². The normalized spacial score (nSPS) is 22.8. The number of rotatable bonds is 1. The number of alkyl halides is 2. The highest BCUT2D eigenvalue weighted by atomic mass is 35.5. The van der Waals surface area contributed by atoms with Gasteiger partial charge in [0.25, 0.3) is 0 Å². The summed E-state index contributed by atoms with van der Waals surface area (Å²) in [5.41, 5.74) is -0.140. The molecule has 0 radical (unpaired) electrons. The minimum atomic E-state index is -3.31. The Bertz CT molecular complexity index is 467. The number of hydrogen-bond donors (Lipinski definition) is 2. The molecule has 1 saturated heterocycles. The first-order valence-corrected chi connectivity index (χ1v) is 5.07. The highest BCUT2D eigenvalue weighted by Gasteiger charge is 2.47. The highest BCUT2D eigenvalue weighted by molar-refractivity contribution is 6.30. The maximum Gasteiger partial charge on any atom is 0.408 e. The van der Waals surface area contributed by atoms with Gasteiger partial charge in [0, 0.05) is 10.6 Å². The highest BCUT2D eigenvalue weighted by Crippen LogP contribution is 2.39. The van der Waals surface area contributed by atoms with Gasteiger partial charge in [-0.1, -0.05) is 11.6 Å². The molecule has 1 atom stereocenters. The van der Waals surface area contributed by atoms with Gasteiger partial charge in [0.15, 0.2) is 6.61 Å². The lowest BCUT2D eigenvalue weighted by Crippen LogP contribution is -2.49. The Balaban J connectivity index is 2.42. The molecule has 0 spiro atoms. The minimum Gasteiger partial charge on any atom is -0.508 e. The van der Waals surface area contributed by atoms with Crippen molar-refractivity contribution in [2.24, 2.45) is 0 Å². The van der Waals surface area contributed by atoms with Gasteiger partial charge in [0.05, 0.1) is 0 Å². The Morgan fingerprint density at radius 1 is 1.53 bits per heavy atom. The predicted molar refractivity (Wildman–Crippen MR) is 55.3 cm³/mol. The summed E-state index contributed by atoms with van der Waals surface area (Å²) < 4.78 is 31.3. The monoisotopic (exact) mass is 263 g/mol. The van der Waals surface area contributed by atoms with E-state index in [1.807, 2.05) is 5.32 Å². The molecular weight excluding hydrogens is 256 g/mol. The first-order chi connectivity index (χ1) is 7.90. The molecule has 0 aromatic heterocycles. The lowest BCUT2D eigenvalue weighted by molar-refractivity contribution is -0.104. The summed E-state index contributed by atoms with van der Waals surface area (Å²) >= 11 is 5.67. The van der Waals surface area contributed by atoms with Crippen LogP contribution < -0.4 is 5.32 Å². The van der Waals surface area contributed by atoms with Gasteiger partial charge in [-0.2, -0.15) is 0 Å². The van der Waals surface area contributed by atoms with E-state index in [4.69, 9.17) is 11.6 Å². The second-order valence-corrected chi connectivity index (χ2v) is 4.05. The number of halogens is 3. The van der Waals surface area contributed by atoms with E-state index in [2.05, 4.69) is 4.74 Å². The molecule has 1 fully saturated rings. The summed E-state index contributed by atoms with van der Waals surface area (Å²) in [6.45, 7) is -1.03. The third-order valence-corrected chi connectivity index (χ3v) is 2.62. The molecule has 17 heavy (non-hydrogen) atoms. The van der Waals surface area contributed by atoms with Crippen LogP contribution in [-0.4, -0.2) is 23.7 Å². The van der Waals surface area contributed by atoms with Crippen LogP contribution >= 0.6 is 11.6 Å². The summed E-state index contributed by atoms with van der Waals surface area (Å²) in [7, 11) is 0. The van der Waals surface area contributed by atoms with Gasteiger partial charge in [-0.25, -0.2) is 13.6 Å². The third-order valence-electron chi connectivity index (χ3n) is 2.38. The Hall–Kier alpha value is -1.56. The second-order valence-electron chi connectivity index (χ2n) is 3.62. The van der Waals surface area contributed by atoms with Crippen LogP contribution in [-0.2, 0) is 4.74 Å². The van der Waals surface area contributed by atoms with Gasteiger partial charge in [-0.15, -0.1) is 0 Å². The number of alkyl carbamates (subject to hydrolysis) is 1. The molecule has 1 amide bonds. The number of ether oxygens (including phenoxy) is 1. The maximum atomic E-state index is 13.5. The van der Waals surface area contributed by atoms with E-state index in [9.17, 15) is 18.7 Å². The van der Waals surface area contributed by atoms with Crippen molar-refractivity contribution in [3.63, 3.8) is 0 Å². The smallest absolute Gasteiger partial charge is 0.408 e. The third kappa shape index (κ3) is 2.26. The van der Waals surface area contributed by atoms with E-state index in [1.54, 1.807) is 0 Å². The molecule has 0 unspecified atom stereocenters. The molecule has 1 heterocycles. The lowest BCUT2D eigenvalue weighted by atomic mass is 9.99. The number of carbonyl (C=O) groups is 1. The van der Waals surface area contributed by atoms with Crippen molar-refractivity contribution in [1.29, 1.82) is 0 Å². The second kappa shape index (κ2) is 4.03. The van der Waals surface area contributed by atoms with Crippen LogP contribution in [0.3, 0.4) is 0 Å². The van der Waals surface area contributed by atoms with Gasteiger partial charge in [-0.3, -0.25) is 0 Å². The van der Waals surface area contributed by atoms with E-state index in [1.165, 1.54) is 18.2 Å². The summed E-state index contributed by atoms with van der Waals surface area (Å²) in [6, 6.07) is 2.08. The van der Waals surface area contributed by atoms with Crippen LogP contribution in [0.2, 0.25) is 5.02 Å². The molecule has 1 aromatic carbocycles. The van der Waals surface area contributed by atoms with E-state index >= 15 is 0 Å². The van der Waals surface area contributed by atoms with E-state index < -0.39 is 24.7 Å². The van der Waals surface area contributed by atoms with Gasteiger partial charge >= 0.3 is 12.0 Å². The maximum absolute atomic E-state index is 13.5. The zero-order chi connectivity index (χ0) is 12.6. The van der Waals surface area contributed by atoms with Crippen LogP contribution in [0.4, 0.5) is 13.6 Å². The number of nitrogens with one attached hydrogen (secondary N) is 1.